The predicted molar refractivity (Wildman–Crippen MR) is 137 cm³/mol. The van der Waals surface area contributed by atoms with Crippen molar-refractivity contribution in [2.75, 3.05) is 6.79 Å². The number of amides is 1. The normalized spacial score (nSPS) is 13.1. The number of para-hydroxylation sites is 1. The van der Waals surface area contributed by atoms with Gasteiger partial charge in [0.2, 0.25) is 12.7 Å². The summed E-state index contributed by atoms with van der Waals surface area (Å²) in [5.41, 5.74) is 4.13. The van der Waals surface area contributed by atoms with Crippen LogP contribution in [-0.4, -0.2) is 27.5 Å². The van der Waals surface area contributed by atoms with Gasteiger partial charge in [-0.25, -0.2) is 4.98 Å². The van der Waals surface area contributed by atoms with Crippen LogP contribution in [0.5, 0.6) is 11.5 Å². The third kappa shape index (κ3) is 4.61. The summed E-state index contributed by atoms with van der Waals surface area (Å²) in [6, 6.07) is 18.9. The number of ether oxygens (including phenoxy) is 2. The molecule has 2 heterocycles. The van der Waals surface area contributed by atoms with Crippen LogP contribution in [0.3, 0.4) is 0 Å². The number of nitrogens with zero attached hydrogens (tertiary/aromatic N) is 2. The number of aryl methyl sites for hydroxylation is 2. The lowest BCUT2D eigenvalue weighted by atomic mass is 10.1. The number of hydrogen-bond acceptors (Lipinski definition) is 6. The number of benzene rings is 3. The van der Waals surface area contributed by atoms with Crippen LogP contribution in [0.2, 0.25) is 0 Å². The van der Waals surface area contributed by atoms with Gasteiger partial charge in [-0.1, -0.05) is 42.1 Å². The molecule has 0 bridgehead atoms. The van der Waals surface area contributed by atoms with E-state index in [4.69, 9.17) is 14.5 Å². The average Bonchev–Trinajstić information content (AvgIpc) is 3.32. The van der Waals surface area contributed by atoms with Gasteiger partial charge in [-0.05, 0) is 67.8 Å². The third-order valence-electron chi connectivity index (χ3n) is 5.91. The topological polar surface area (TPSA) is 82.5 Å². The second kappa shape index (κ2) is 9.46. The van der Waals surface area contributed by atoms with Crippen LogP contribution in [0.1, 0.15) is 23.6 Å². The van der Waals surface area contributed by atoms with Gasteiger partial charge in [-0.2, -0.15) is 0 Å². The summed E-state index contributed by atoms with van der Waals surface area (Å²) in [7, 11) is 0. The molecular formula is C27H25N3O4S. The standard InChI is InChI=1S/C27H25N3O4S/c1-16-8-9-17(2)22(12-16)30-26(32)20-6-4-5-7-21(20)29-27(30)35-18(3)25(31)28-14-19-10-11-23-24(13-19)34-15-33-23/h4-13,18H,14-15H2,1-3H3,(H,28,31). The van der Waals surface area contributed by atoms with Crippen molar-refractivity contribution in [3.8, 4) is 17.2 Å². The van der Waals surface area contributed by atoms with Gasteiger partial charge in [-0.3, -0.25) is 14.2 Å². The fourth-order valence-corrected chi connectivity index (χ4v) is 4.90. The van der Waals surface area contributed by atoms with Crippen molar-refractivity contribution in [2.45, 2.75) is 37.7 Å². The molecule has 1 aromatic heterocycles. The Balaban J connectivity index is 1.43. The lowest BCUT2D eigenvalue weighted by Crippen LogP contribution is -2.31. The van der Waals surface area contributed by atoms with Gasteiger partial charge in [0.15, 0.2) is 16.7 Å². The maximum absolute atomic E-state index is 13.6. The van der Waals surface area contributed by atoms with E-state index >= 15 is 0 Å². The molecule has 1 atom stereocenters. The van der Waals surface area contributed by atoms with Crippen molar-refractivity contribution in [2.24, 2.45) is 0 Å². The van der Waals surface area contributed by atoms with Crippen molar-refractivity contribution >= 4 is 28.6 Å². The Labute approximate surface area is 207 Å². The Morgan fingerprint density at radius 1 is 1.09 bits per heavy atom. The van der Waals surface area contributed by atoms with Crippen LogP contribution < -0.4 is 20.3 Å². The van der Waals surface area contributed by atoms with E-state index in [1.807, 2.05) is 75.4 Å². The first-order valence-corrected chi connectivity index (χ1v) is 12.2. The average molecular weight is 488 g/mol. The van der Waals surface area contributed by atoms with Crippen LogP contribution in [-0.2, 0) is 11.3 Å². The monoisotopic (exact) mass is 487 g/mol. The number of thioether (sulfide) groups is 1. The van der Waals surface area contributed by atoms with Crippen LogP contribution in [0.4, 0.5) is 0 Å². The number of rotatable bonds is 6. The summed E-state index contributed by atoms with van der Waals surface area (Å²) < 4.78 is 12.4. The van der Waals surface area contributed by atoms with Gasteiger partial charge in [0.25, 0.3) is 5.56 Å². The maximum Gasteiger partial charge on any atom is 0.266 e. The molecule has 1 amide bonds. The molecule has 35 heavy (non-hydrogen) atoms. The highest BCUT2D eigenvalue weighted by Gasteiger charge is 2.21. The third-order valence-corrected chi connectivity index (χ3v) is 6.96. The van der Waals surface area contributed by atoms with E-state index in [0.29, 0.717) is 34.1 Å². The zero-order valence-corrected chi connectivity index (χ0v) is 20.5. The van der Waals surface area contributed by atoms with E-state index in [1.165, 1.54) is 11.8 Å². The second-order valence-electron chi connectivity index (χ2n) is 8.51. The van der Waals surface area contributed by atoms with Gasteiger partial charge in [0.05, 0.1) is 21.8 Å². The lowest BCUT2D eigenvalue weighted by Gasteiger charge is -2.18. The SMILES string of the molecule is Cc1ccc(C)c(-n2c(SC(C)C(=O)NCc3ccc4c(c3)OCO4)nc3ccccc3c2=O)c1. The predicted octanol–water partition coefficient (Wildman–Crippen LogP) is 4.53. The summed E-state index contributed by atoms with van der Waals surface area (Å²) >= 11 is 1.27. The first kappa shape index (κ1) is 23.0. The van der Waals surface area contributed by atoms with Crippen LogP contribution >= 0.6 is 11.8 Å². The van der Waals surface area contributed by atoms with E-state index in [9.17, 15) is 9.59 Å². The molecule has 5 rings (SSSR count). The molecule has 4 aromatic rings. The van der Waals surface area contributed by atoms with E-state index in [2.05, 4.69) is 5.32 Å². The highest BCUT2D eigenvalue weighted by molar-refractivity contribution is 8.00. The summed E-state index contributed by atoms with van der Waals surface area (Å²) in [5, 5.41) is 3.51. The number of nitrogens with one attached hydrogen (secondary N) is 1. The molecule has 0 aliphatic carbocycles. The molecule has 1 aliphatic heterocycles. The number of hydrogen-bond donors (Lipinski definition) is 1. The lowest BCUT2D eigenvalue weighted by molar-refractivity contribution is -0.120. The fraction of sp³-hybridized carbons (Fsp3) is 0.222. The van der Waals surface area contributed by atoms with E-state index in [-0.39, 0.29) is 18.3 Å². The first-order chi connectivity index (χ1) is 16.9. The van der Waals surface area contributed by atoms with Crippen LogP contribution in [0.15, 0.2) is 70.6 Å². The quantitative estimate of drug-likeness (QED) is 0.318. The fourth-order valence-electron chi connectivity index (χ4n) is 3.96. The van der Waals surface area contributed by atoms with E-state index in [0.717, 1.165) is 22.4 Å². The number of carbonyl (C=O) groups is 1. The molecule has 1 N–H and O–H groups in total. The Morgan fingerprint density at radius 2 is 1.89 bits per heavy atom. The van der Waals surface area contributed by atoms with Crippen molar-refractivity contribution in [3.05, 3.63) is 87.7 Å². The summed E-state index contributed by atoms with van der Waals surface area (Å²) in [4.78, 5) is 31.3. The number of aromatic nitrogens is 2. The molecule has 8 heteroatoms. The minimum absolute atomic E-state index is 0.150. The summed E-state index contributed by atoms with van der Waals surface area (Å²) in [6.45, 7) is 6.33. The molecule has 178 valence electrons. The van der Waals surface area contributed by atoms with Crippen molar-refractivity contribution in [3.63, 3.8) is 0 Å². The van der Waals surface area contributed by atoms with Crippen molar-refractivity contribution < 1.29 is 14.3 Å². The highest BCUT2D eigenvalue weighted by atomic mass is 32.2. The Hall–Kier alpha value is -3.78. The summed E-state index contributed by atoms with van der Waals surface area (Å²) in [5.74, 6) is 1.23. The molecule has 0 spiro atoms. The number of fused-ring (bicyclic) bond motifs is 2. The zero-order valence-electron chi connectivity index (χ0n) is 19.7. The highest BCUT2D eigenvalue weighted by Crippen LogP contribution is 2.32. The van der Waals surface area contributed by atoms with Crippen LogP contribution in [0, 0.1) is 13.8 Å². The van der Waals surface area contributed by atoms with E-state index in [1.54, 1.807) is 10.6 Å². The molecule has 7 nitrogen and oxygen atoms in total. The number of carbonyl (C=O) groups excluding carboxylic acids is 1. The van der Waals surface area contributed by atoms with Gasteiger partial charge in [0, 0.05) is 6.54 Å². The smallest absolute Gasteiger partial charge is 0.266 e. The minimum atomic E-state index is -0.478. The van der Waals surface area contributed by atoms with E-state index < -0.39 is 5.25 Å². The van der Waals surface area contributed by atoms with Gasteiger partial charge >= 0.3 is 0 Å². The van der Waals surface area contributed by atoms with Crippen molar-refractivity contribution in [1.29, 1.82) is 0 Å². The van der Waals surface area contributed by atoms with Crippen LogP contribution in [0.25, 0.3) is 16.6 Å². The van der Waals surface area contributed by atoms with Gasteiger partial charge in [-0.15, -0.1) is 0 Å². The first-order valence-electron chi connectivity index (χ1n) is 11.3. The molecule has 1 unspecified atom stereocenters. The minimum Gasteiger partial charge on any atom is -0.454 e. The Kier molecular flexibility index (Phi) is 6.21. The van der Waals surface area contributed by atoms with Crippen molar-refractivity contribution in [1.82, 2.24) is 14.9 Å². The Morgan fingerprint density at radius 3 is 2.74 bits per heavy atom. The zero-order chi connectivity index (χ0) is 24.5. The second-order valence-corrected chi connectivity index (χ2v) is 9.82. The Bertz CT molecular complexity index is 1500. The maximum atomic E-state index is 13.6. The molecule has 0 saturated carbocycles. The molecular weight excluding hydrogens is 462 g/mol. The molecule has 1 aliphatic rings. The molecule has 0 fully saturated rings. The largest absolute Gasteiger partial charge is 0.454 e. The molecule has 3 aromatic carbocycles. The summed E-state index contributed by atoms with van der Waals surface area (Å²) in [6.07, 6.45) is 0. The molecule has 0 radical (unpaired) electrons. The van der Waals surface area contributed by atoms with Gasteiger partial charge in [0.1, 0.15) is 0 Å². The molecule has 0 saturated heterocycles. The van der Waals surface area contributed by atoms with Gasteiger partial charge < -0.3 is 14.8 Å².